The van der Waals surface area contributed by atoms with E-state index >= 15 is 0 Å². The predicted molar refractivity (Wildman–Crippen MR) is 95.9 cm³/mol. The highest BCUT2D eigenvalue weighted by Gasteiger charge is 2.30. The monoisotopic (exact) mass is 386 g/mol. The first-order valence-electron chi connectivity index (χ1n) is 8.23. The van der Waals surface area contributed by atoms with Crippen molar-refractivity contribution in [3.8, 4) is 11.5 Å². The number of methoxy groups -OCH3 is 1. The first kappa shape index (κ1) is 22.0. The quantitative estimate of drug-likeness (QED) is 0.391. The van der Waals surface area contributed by atoms with E-state index in [2.05, 4.69) is 29.6 Å². The molecule has 2 rings (SSSR count). The number of phenols is 1. The summed E-state index contributed by atoms with van der Waals surface area (Å²) in [5.41, 5.74) is 0.611. The zero-order valence-corrected chi connectivity index (χ0v) is 16.4. The number of ether oxygens (including phenoxy) is 1. The molecule has 0 atom stereocenters. The van der Waals surface area contributed by atoms with Gasteiger partial charge in [-0.15, -0.1) is 0 Å². The molecule has 1 fully saturated rings. The summed E-state index contributed by atoms with van der Waals surface area (Å²) >= 11 is 0. The fourth-order valence-electron chi connectivity index (χ4n) is 2.87. The maximum Gasteiger partial charge on any atom is 0.279 e. The van der Waals surface area contributed by atoms with Crippen LogP contribution in [0.4, 0.5) is 11.4 Å². The van der Waals surface area contributed by atoms with Crippen LogP contribution in [0.5, 0.6) is 11.5 Å². The number of benzene rings is 1. The Bertz CT molecular complexity index is 660. The summed E-state index contributed by atoms with van der Waals surface area (Å²) in [4.78, 5) is 25.9. The SMILES string of the molecule is COc1cc(NC(C)=O)c(O)cc1NC(=O)C[N+]1(C)CCN(C)CC1.[Cl-]. The second kappa shape index (κ2) is 9.07. The van der Waals surface area contributed by atoms with Crippen LogP contribution in [0.3, 0.4) is 0 Å². The highest BCUT2D eigenvalue weighted by molar-refractivity contribution is 5.96. The average molecular weight is 387 g/mol. The number of aromatic hydroxyl groups is 1. The molecule has 1 aromatic carbocycles. The summed E-state index contributed by atoms with van der Waals surface area (Å²) in [6, 6.07) is 2.87. The molecule has 0 spiro atoms. The number of amides is 2. The van der Waals surface area contributed by atoms with Crippen molar-refractivity contribution < 1.29 is 36.3 Å². The van der Waals surface area contributed by atoms with Crippen LogP contribution in [0, 0.1) is 0 Å². The number of halogens is 1. The van der Waals surface area contributed by atoms with Crippen LogP contribution in [0.15, 0.2) is 12.1 Å². The number of anilines is 2. The van der Waals surface area contributed by atoms with Crippen LogP contribution < -0.4 is 27.8 Å². The minimum atomic E-state index is -0.304. The van der Waals surface area contributed by atoms with Gasteiger partial charge < -0.3 is 37.4 Å². The van der Waals surface area contributed by atoms with E-state index in [1.807, 2.05) is 0 Å². The minimum Gasteiger partial charge on any atom is -1.00 e. The zero-order chi connectivity index (χ0) is 18.6. The molecule has 1 aliphatic rings. The molecule has 2 amide bonds. The zero-order valence-electron chi connectivity index (χ0n) is 15.6. The van der Waals surface area contributed by atoms with E-state index in [-0.39, 0.29) is 35.7 Å². The number of quaternary nitrogens is 1. The first-order valence-corrected chi connectivity index (χ1v) is 8.23. The van der Waals surface area contributed by atoms with Crippen LogP contribution in [0.2, 0.25) is 0 Å². The Balaban J connectivity index is 0.00000338. The molecule has 9 heteroatoms. The summed E-state index contributed by atoms with van der Waals surface area (Å²) in [7, 11) is 5.61. The maximum atomic E-state index is 12.5. The summed E-state index contributed by atoms with van der Waals surface area (Å²) in [6.07, 6.45) is 0. The Kier molecular flexibility index (Phi) is 7.68. The molecule has 0 saturated carbocycles. The molecule has 26 heavy (non-hydrogen) atoms. The lowest BCUT2D eigenvalue weighted by molar-refractivity contribution is -0.905. The third-order valence-corrected chi connectivity index (χ3v) is 4.47. The normalized spacial score (nSPS) is 16.3. The molecule has 0 aromatic heterocycles. The lowest BCUT2D eigenvalue weighted by atomic mass is 10.2. The van der Waals surface area contributed by atoms with Crippen LogP contribution in [0.25, 0.3) is 0 Å². The third kappa shape index (κ3) is 5.76. The smallest absolute Gasteiger partial charge is 0.279 e. The summed E-state index contributed by atoms with van der Waals surface area (Å²) in [6.45, 7) is 5.44. The lowest BCUT2D eigenvalue weighted by Crippen LogP contribution is -3.00. The predicted octanol–water partition coefficient (Wildman–Crippen LogP) is -2.31. The van der Waals surface area contributed by atoms with Gasteiger partial charge in [0.2, 0.25) is 5.91 Å². The van der Waals surface area contributed by atoms with Crippen LogP contribution in [0.1, 0.15) is 6.92 Å². The van der Waals surface area contributed by atoms with E-state index < -0.39 is 0 Å². The molecule has 1 aliphatic heterocycles. The van der Waals surface area contributed by atoms with Gasteiger partial charge in [-0.25, -0.2) is 0 Å². The molecule has 146 valence electrons. The van der Waals surface area contributed by atoms with Gasteiger partial charge in [0, 0.05) is 32.1 Å². The minimum absolute atomic E-state index is 0. The third-order valence-electron chi connectivity index (χ3n) is 4.47. The Hall–Kier alpha value is -2.03. The molecule has 3 N–H and O–H groups in total. The molecular weight excluding hydrogens is 360 g/mol. The molecule has 1 aromatic rings. The fourth-order valence-corrected chi connectivity index (χ4v) is 2.87. The summed E-state index contributed by atoms with van der Waals surface area (Å²) in [5.74, 6) is -0.208. The van der Waals surface area contributed by atoms with Crippen molar-refractivity contribution in [2.45, 2.75) is 6.92 Å². The first-order chi connectivity index (χ1) is 11.7. The molecule has 0 radical (unpaired) electrons. The Labute approximate surface area is 160 Å². The van der Waals surface area contributed by atoms with Gasteiger partial charge in [0.1, 0.15) is 11.5 Å². The van der Waals surface area contributed by atoms with Crippen LogP contribution in [-0.4, -0.2) is 80.2 Å². The van der Waals surface area contributed by atoms with Crippen molar-refractivity contribution in [1.29, 1.82) is 0 Å². The van der Waals surface area contributed by atoms with E-state index in [1.54, 1.807) is 0 Å². The Morgan fingerprint density at radius 1 is 1.23 bits per heavy atom. The molecule has 0 bridgehead atoms. The van der Waals surface area contributed by atoms with Crippen molar-refractivity contribution in [3.05, 3.63) is 12.1 Å². The Morgan fingerprint density at radius 2 is 1.85 bits per heavy atom. The number of nitrogens with zero attached hydrogens (tertiary/aromatic N) is 2. The van der Waals surface area contributed by atoms with Crippen LogP contribution in [-0.2, 0) is 9.59 Å². The highest BCUT2D eigenvalue weighted by Crippen LogP contribution is 2.35. The number of carbonyl (C=O) groups is 2. The highest BCUT2D eigenvalue weighted by atomic mass is 35.5. The van der Waals surface area contributed by atoms with Crippen LogP contribution >= 0.6 is 0 Å². The van der Waals surface area contributed by atoms with E-state index in [9.17, 15) is 14.7 Å². The average Bonchev–Trinajstić information content (AvgIpc) is 2.52. The summed E-state index contributed by atoms with van der Waals surface area (Å²) < 4.78 is 5.94. The molecule has 0 aliphatic carbocycles. The topological polar surface area (TPSA) is 90.9 Å². The standard InChI is InChI=1S/C17H26N4O4.ClH/c1-12(22)18-13-10-16(25-4)14(9-15(13)23)19-17(24)11-21(3)7-5-20(2)6-8-21;/h9-10H,5-8,11H2,1-4H3,(H2-,18,19,22,23,24);1H. The number of carbonyl (C=O) groups excluding carboxylic acids is 2. The van der Waals surface area contributed by atoms with Gasteiger partial charge in [-0.3, -0.25) is 14.5 Å². The number of rotatable bonds is 5. The van der Waals surface area contributed by atoms with Gasteiger partial charge in [-0.2, -0.15) is 0 Å². The van der Waals surface area contributed by atoms with E-state index in [0.29, 0.717) is 22.5 Å². The van der Waals surface area contributed by atoms with Gasteiger partial charge in [0.15, 0.2) is 6.54 Å². The molecule has 0 unspecified atom stereocenters. The maximum absolute atomic E-state index is 12.5. The van der Waals surface area contributed by atoms with Gasteiger partial charge in [-0.1, -0.05) is 0 Å². The van der Waals surface area contributed by atoms with Crippen molar-refractivity contribution in [2.24, 2.45) is 0 Å². The molecule has 1 saturated heterocycles. The fraction of sp³-hybridized carbons (Fsp3) is 0.529. The molecule has 1 heterocycles. The lowest BCUT2D eigenvalue weighted by Gasteiger charge is -2.40. The Morgan fingerprint density at radius 3 is 2.38 bits per heavy atom. The van der Waals surface area contributed by atoms with Crippen molar-refractivity contribution in [3.63, 3.8) is 0 Å². The van der Waals surface area contributed by atoms with Crippen molar-refractivity contribution >= 4 is 23.2 Å². The largest absolute Gasteiger partial charge is 1.00 e. The molecule has 8 nitrogen and oxygen atoms in total. The van der Waals surface area contributed by atoms with Gasteiger partial charge >= 0.3 is 0 Å². The van der Waals surface area contributed by atoms with E-state index in [4.69, 9.17) is 4.74 Å². The number of piperazine rings is 1. The van der Waals surface area contributed by atoms with E-state index in [1.165, 1.54) is 26.2 Å². The second-order valence-corrected chi connectivity index (χ2v) is 6.83. The summed E-state index contributed by atoms with van der Waals surface area (Å²) in [5, 5.41) is 15.4. The number of hydrogen-bond donors (Lipinski definition) is 3. The van der Waals surface area contributed by atoms with Crippen molar-refractivity contribution in [1.82, 2.24) is 4.90 Å². The number of nitrogens with one attached hydrogen (secondary N) is 2. The molecular formula is C17H27ClN4O4. The van der Waals surface area contributed by atoms with Gasteiger partial charge in [0.25, 0.3) is 5.91 Å². The van der Waals surface area contributed by atoms with Gasteiger partial charge in [-0.05, 0) is 7.05 Å². The second-order valence-electron chi connectivity index (χ2n) is 6.83. The van der Waals surface area contributed by atoms with E-state index in [0.717, 1.165) is 26.2 Å². The van der Waals surface area contributed by atoms with Crippen molar-refractivity contribution in [2.75, 3.05) is 64.6 Å². The van der Waals surface area contributed by atoms with Gasteiger partial charge in [0.05, 0.1) is 38.6 Å². The number of phenolic OH excluding ortho intramolecular Hbond substituents is 1. The number of likely N-dealkylation sites (N-methyl/N-ethyl adjacent to an activating group) is 2. The number of hydrogen-bond acceptors (Lipinski definition) is 5.